The van der Waals surface area contributed by atoms with Crippen molar-refractivity contribution >= 4 is 34.7 Å². The Hall–Kier alpha value is -2.87. The lowest BCUT2D eigenvalue weighted by Crippen LogP contribution is -2.43. The topological polar surface area (TPSA) is 82.0 Å². The van der Waals surface area contributed by atoms with Gasteiger partial charge in [0.25, 0.3) is 0 Å². The number of hydrogen-bond acceptors (Lipinski definition) is 5. The number of nitrogens with zero attached hydrogens (tertiary/aromatic N) is 4. The molecule has 0 radical (unpaired) electrons. The summed E-state index contributed by atoms with van der Waals surface area (Å²) < 4.78 is 10.9. The van der Waals surface area contributed by atoms with Gasteiger partial charge in [-0.25, -0.2) is 13.7 Å². The molecule has 162 valence electrons. The number of halogens is 1. The van der Waals surface area contributed by atoms with Crippen LogP contribution in [0.3, 0.4) is 0 Å². The van der Waals surface area contributed by atoms with Crippen LogP contribution in [0.25, 0.3) is 11.2 Å². The van der Waals surface area contributed by atoms with Crippen molar-refractivity contribution in [2.45, 2.75) is 64.7 Å². The van der Waals surface area contributed by atoms with E-state index in [-0.39, 0.29) is 22.4 Å². The van der Waals surface area contributed by atoms with E-state index in [1.165, 1.54) is 19.8 Å². The summed E-state index contributed by atoms with van der Waals surface area (Å²) in [6.07, 6.45) is 4.56. The lowest BCUT2D eigenvalue weighted by Gasteiger charge is -2.18. The Kier molecular flexibility index (Phi) is 4.77. The summed E-state index contributed by atoms with van der Waals surface area (Å²) in [5.74, 6) is 0.972. The van der Waals surface area contributed by atoms with Crippen LogP contribution in [-0.2, 0) is 24.4 Å². The zero-order valence-corrected chi connectivity index (χ0v) is 18.4. The lowest BCUT2D eigenvalue weighted by atomic mass is 9.99. The van der Waals surface area contributed by atoms with E-state index in [0.29, 0.717) is 24.4 Å². The number of rotatable bonds is 4. The molecule has 5 rings (SSSR count). The molecular formula is C22H25ClN5O3+. The fourth-order valence-corrected chi connectivity index (χ4v) is 5.17. The van der Waals surface area contributed by atoms with Crippen molar-refractivity contribution in [1.29, 1.82) is 0 Å². The molecule has 0 saturated heterocycles. The molecule has 1 saturated carbocycles. The highest BCUT2D eigenvalue weighted by atomic mass is 35.5. The van der Waals surface area contributed by atoms with Gasteiger partial charge in [-0.15, -0.1) is 0 Å². The molecular weight excluding hydrogens is 418 g/mol. The number of nitrogens with one attached hydrogen (secondary N) is 1. The molecule has 0 amide bonds. The Bertz CT molecular complexity index is 1240. The summed E-state index contributed by atoms with van der Waals surface area (Å²) in [6.45, 7) is 5.16. The van der Waals surface area contributed by atoms with Crippen molar-refractivity contribution < 1.29 is 14.1 Å². The Labute approximate surface area is 184 Å². The van der Waals surface area contributed by atoms with Gasteiger partial charge in [-0.2, -0.15) is 4.98 Å². The van der Waals surface area contributed by atoms with Crippen LogP contribution in [0, 0.1) is 0 Å². The summed E-state index contributed by atoms with van der Waals surface area (Å²) in [4.78, 5) is 28.8. The minimum Gasteiger partial charge on any atom is -0.427 e. The molecule has 1 aliphatic carbocycles. The summed E-state index contributed by atoms with van der Waals surface area (Å²) in [6, 6.07) is 7.27. The smallest absolute Gasteiger partial charge is 0.327 e. The van der Waals surface area contributed by atoms with Crippen LogP contribution in [0.15, 0.2) is 29.1 Å². The number of fused-ring (bicyclic) bond motifs is 3. The average Bonchev–Trinajstić information content (AvgIpc) is 3.42. The van der Waals surface area contributed by atoms with Crippen molar-refractivity contribution in [3.8, 4) is 5.75 Å². The van der Waals surface area contributed by atoms with Gasteiger partial charge in [0, 0.05) is 6.92 Å². The van der Waals surface area contributed by atoms with Crippen LogP contribution < -0.4 is 20.2 Å². The van der Waals surface area contributed by atoms with Gasteiger partial charge >= 0.3 is 17.5 Å². The third-order valence-corrected chi connectivity index (χ3v) is 6.64. The van der Waals surface area contributed by atoms with Crippen LogP contribution in [0.1, 0.15) is 45.1 Å². The molecule has 1 N–H and O–H groups in total. The van der Waals surface area contributed by atoms with Crippen molar-refractivity contribution in [1.82, 2.24) is 14.1 Å². The standard InChI is InChI=1S/C22H24ClN5O3/c1-3-26-19(30)17-18(28-13-22(25-21(26)28)10-4-5-11-22)27(20(23)24-17)12-15-6-8-16(9-7-15)31-14(2)29/h6-9H,3-5,10-13H2,1-2H3/p+1. The van der Waals surface area contributed by atoms with E-state index in [9.17, 15) is 9.59 Å². The monoisotopic (exact) mass is 442 g/mol. The van der Waals surface area contributed by atoms with Crippen LogP contribution in [0.4, 0.5) is 5.95 Å². The fraction of sp³-hybridized carbons (Fsp3) is 0.455. The average molecular weight is 443 g/mol. The van der Waals surface area contributed by atoms with Gasteiger partial charge in [-0.05, 0) is 61.9 Å². The van der Waals surface area contributed by atoms with E-state index >= 15 is 0 Å². The number of imidazole rings is 1. The highest BCUT2D eigenvalue weighted by Crippen LogP contribution is 2.36. The molecule has 1 fully saturated rings. The Morgan fingerprint density at radius 1 is 1.26 bits per heavy atom. The second-order valence-electron chi connectivity index (χ2n) is 8.45. The van der Waals surface area contributed by atoms with Gasteiger partial charge in [0.05, 0.1) is 19.6 Å². The second kappa shape index (κ2) is 7.37. The molecule has 9 heteroatoms. The maximum absolute atomic E-state index is 13.2. The van der Waals surface area contributed by atoms with Gasteiger partial charge in [-0.1, -0.05) is 12.1 Å². The van der Waals surface area contributed by atoms with Crippen molar-refractivity contribution in [3.05, 3.63) is 45.5 Å². The zero-order chi connectivity index (χ0) is 21.8. The highest BCUT2D eigenvalue weighted by Gasteiger charge is 2.46. The third kappa shape index (κ3) is 3.29. The molecule has 1 aliphatic heterocycles. The number of esters is 1. The predicted molar refractivity (Wildman–Crippen MR) is 117 cm³/mol. The third-order valence-electron chi connectivity index (χ3n) is 6.35. The quantitative estimate of drug-likeness (QED) is 0.291. The predicted octanol–water partition coefficient (Wildman–Crippen LogP) is 2.87. The molecule has 0 unspecified atom stereocenters. The minimum absolute atomic E-state index is 0.00209. The van der Waals surface area contributed by atoms with E-state index in [0.717, 1.165) is 36.5 Å². The van der Waals surface area contributed by atoms with Gasteiger partial charge in [0.1, 0.15) is 11.3 Å². The van der Waals surface area contributed by atoms with E-state index in [4.69, 9.17) is 16.3 Å². The molecule has 3 heterocycles. The Morgan fingerprint density at radius 2 is 1.97 bits per heavy atom. The van der Waals surface area contributed by atoms with E-state index in [1.54, 1.807) is 16.7 Å². The first-order valence-corrected chi connectivity index (χ1v) is 11.1. The number of ether oxygens (including phenoxy) is 1. The van der Waals surface area contributed by atoms with E-state index in [2.05, 4.69) is 14.9 Å². The second-order valence-corrected chi connectivity index (χ2v) is 8.79. The van der Waals surface area contributed by atoms with Crippen LogP contribution in [0.2, 0.25) is 5.28 Å². The number of carbonyl (C=O) groups excluding carboxylic acids is 1. The lowest BCUT2D eigenvalue weighted by molar-refractivity contribution is -0.657. The van der Waals surface area contributed by atoms with Crippen LogP contribution in [0.5, 0.6) is 5.75 Å². The van der Waals surface area contributed by atoms with Gasteiger partial charge in [-0.3, -0.25) is 14.9 Å². The molecule has 31 heavy (non-hydrogen) atoms. The molecule has 3 aromatic rings. The number of anilines is 1. The Balaban J connectivity index is 1.61. The normalized spacial score (nSPS) is 16.6. The minimum atomic E-state index is -0.357. The summed E-state index contributed by atoms with van der Waals surface area (Å²) >= 11 is 6.54. The first-order chi connectivity index (χ1) is 14.9. The highest BCUT2D eigenvalue weighted by molar-refractivity contribution is 6.29. The number of hydrogen-bond donors (Lipinski definition) is 1. The molecule has 8 nitrogen and oxygen atoms in total. The fourth-order valence-electron chi connectivity index (χ4n) is 4.95. The maximum Gasteiger partial charge on any atom is 0.327 e. The van der Waals surface area contributed by atoms with Gasteiger partial charge in [0.2, 0.25) is 16.4 Å². The Morgan fingerprint density at radius 3 is 2.61 bits per heavy atom. The molecule has 0 bridgehead atoms. The molecule has 1 aromatic carbocycles. The summed E-state index contributed by atoms with van der Waals surface area (Å²) in [5.41, 5.74) is 1.97. The molecule has 1 spiro atoms. The molecule has 2 aliphatic rings. The maximum atomic E-state index is 13.2. The molecule has 2 aromatic heterocycles. The number of benzene rings is 1. The zero-order valence-electron chi connectivity index (χ0n) is 17.7. The van der Waals surface area contributed by atoms with Crippen molar-refractivity contribution in [3.63, 3.8) is 0 Å². The molecule has 0 atom stereocenters. The van der Waals surface area contributed by atoms with Crippen LogP contribution >= 0.6 is 11.6 Å². The van der Waals surface area contributed by atoms with Crippen LogP contribution in [-0.4, -0.2) is 25.6 Å². The summed E-state index contributed by atoms with van der Waals surface area (Å²) in [5, 5.41) is 3.97. The SMILES string of the molecule is CCn1c2[n+](c3c(nc(Cl)n3Cc3ccc(OC(C)=O)cc3)c1=O)CC1(CCCC1)N2. The van der Waals surface area contributed by atoms with Crippen molar-refractivity contribution in [2.24, 2.45) is 0 Å². The number of aromatic nitrogens is 4. The van der Waals surface area contributed by atoms with Gasteiger partial charge in [0.15, 0.2) is 0 Å². The van der Waals surface area contributed by atoms with Crippen molar-refractivity contribution in [2.75, 3.05) is 5.32 Å². The van der Waals surface area contributed by atoms with Gasteiger partial charge < -0.3 is 4.74 Å². The first-order valence-electron chi connectivity index (χ1n) is 10.7. The summed E-state index contributed by atoms with van der Waals surface area (Å²) in [7, 11) is 0. The first kappa shape index (κ1) is 20.1. The van der Waals surface area contributed by atoms with E-state index in [1.807, 2.05) is 23.6 Å². The van der Waals surface area contributed by atoms with E-state index < -0.39 is 0 Å². The largest absolute Gasteiger partial charge is 0.427 e. The number of carbonyl (C=O) groups is 1.